The normalized spacial score (nSPS) is 11.3. The van der Waals surface area contributed by atoms with Crippen LogP contribution in [-0.4, -0.2) is 45.9 Å². The van der Waals surface area contributed by atoms with Crippen LogP contribution in [0.15, 0.2) is 29.3 Å². The van der Waals surface area contributed by atoms with E-state index in [1.807, 2.05) is 31.2 Å². The highest BCUT2D eigenvalue weighted by Crippen LogP contribution is 2.22. The summed E-state index contributed by atoms with van der Waals surface area (Å²) in [7, 11) is 1.74. The number of aliphatic imine (C=N–C) groups is 1. The molecule has 0 aliphatic carbocycles. The quantitative estimate of drug-likeness (QED) is 0.417. The van der Waals surface area contributed by atoms with Crippen molar-refractivity contribution in [3.63, 3.8) is 0 Å². The fourth-order valence-electron chi connectivity index (χ4n) is 1.64. The molecular formula is C15H24ClN3O2. The highest BCUT2D eigenvalue weighted by Gasteiger charge is 2.00. The van der Waals surface area contributed by atoms with Gasteiger partial charge in [0.25, 0.3) is 0 Å². The van der Waals surface area contributed by atoms with E-state index in [9.17, 15) is 0 Å². The van der Waals surface area contributed by atoms with Crippen molar-refractivity contribution in [2.75, 3.05) is 40.0 Å². The molecule has 0 aliphatic rings. The fraction of sp³-hybridized carbons (Fsp3) is 0.533. The summed E-state index contributed by atoms with van der Waals surface area (Å²) >= 11 is 6.01. The lowest BCUT2D eigenvalue weighted by atomic mass is 10.3. The van der Waals surface area contributed by atoms with Crippen molar-refractivity contribution in [1.82, 2.24) is 10.6 Å². The molecule has 0 saturated heterocycles. The van der Waals surface area contributed by atoms with Crippen LogP contribution in [0.1, 0.15) is 13.3 Å². The molecule has 21 heavy (non-hydrogen) atoms. The first-order valence-corrected chi connectivity index (χ1v) is 7.55. The summed E-state index contributed by atoms with van der Waals surface area (Å²) in [4.78, 5) is 4.14. The van der Waals surface area contributed by atoms with E-state index in [-0.39, 0.29) is 0 Å². The van der Waals surface area contributed by atoms with Crippen molar-refractivity contribution < 1.29 is 9.47 Å². The van der Waals surface area contributed by atoms with Crippen molar-refractivity contribution in [3.05, 3.63) is 29.3 Å². The maximum atomic E-state index is 6.01. The first-order chi connectivity index (χ1) is 10.3. The summed E-state index contributed by atoms with van der Waals surface area (Å²) in [5.74, 6) is 1.45. The Labute approximate surface area is 131 Å². The highest BCUT2D eigenvalue weighted by atomic mass is 35.5. The molecule has 0 aromatic heterocycles. The number of nitrogens with zero attached hydrogens (tertiary/aromatic N) is 1. The molecule has 0 aliphatic heterocycles. The van der Waals surface area contributed by atoms with Gasteiger partial charge in [0, 0.05) is 26.8 Å². The monoisotopic (exact) mass is 313 g/mol. The van der Waals surface area contributed by atoms with Gasteiger partial charge < -0.3 is 20.1 Å². The van der Waals surface area contributed by atoms with Gasteiger partial charge in [-0.05, 0) is 25.5 Å². The summed E-state index contributed by atoms with van der Waals surface area (Å²) in [6.07, 6.45) is 0.949. The van der Waals surface area contributed by atoms with Crippen LogP contribution in [0, 0.1) is 0 Å². The van der Waals surface area contributed by atoms with Crippen LogP contribution in [0.2, 0.25) is 5.02 Å². The molecular weight excluding hydrogens is 290 g/mol. The number of halogens is 1. The number of ether oxygens (including phenoxy) is 2. The minimum absolute atomic E-state index is 0.517. The van der Waals surface area contributed by atoms with E-state index in [0.717, 1.165) is 32.1 Å². The number of nitrogens with one attached hydrogen (secondary N) is 2. The second-order valence-corrected chi connectivity index (χ2v) is 4.66. The lowest BCUT2D eigenvalue weighted by Gasteiger charge is -2.13. The molecule has 2 N–H and O–H groups in total. The van der Waals surface area contributed by atoms with E-state index < -0.39 is 0 Å². The second-order valence-electron chi connectivity index (χ2n) is 4.26. The predicted octanol–water partition coefficient (Wildman–Crippen LogP) is 2.31. The van der Waals surface area contributed by atoms with Gasteiger partial charge in [0.05, 0.1) is 11.6 Å². The highest BCUT2D eigenvalue weighted by molar-refractivity contribution is 6.32. The van der Waals surface area contributed by atoms with Crippen LogP contribution >= 0.6 is 11.6 Å². The van der Waals surface area contributed by atoms with Gasteiger partial charge in [-0.2, -0.15) is 0 Å². The minimum Gasteiger partial charge on any atom is -0.490 e. The molecule has 0 heterocycles. The summed E-state index contributed by atoms with van der Waals surface area (Å²) in [6.45, 7) is 5.50. The van der Waals surface area contributed by atoms with Gasteiger partial charge in [0.15, 0.2) is 5.96 Å². The summed E-state index contributed by atoms with van der Waals surface area (Å²) in [5.41, 5.74) is 0. The molecule has 118 valence electrons. The molecule has 1 aromatic carbocycles. The lowest BCUT2D eigenvalue weighted by Crippen LogP contribution is -2.39. The van der Waals surface area contributed by atoms with E-state index in [1.54, 1.807) is 7.05 Å². The maximum absolute atomic E-state index is 6.01. The lowest BCUT2D eigenvalue weighted by molar-refractivity contribution is 0.145. The molecule has 0 spiro atoms. The standard InChI is InChI=1S/C15H24ClN3O2/c1-3-20-11-6-9-18-15(17-2)19-10-12-21-14-8-5-4-7-13(14)16/h4-5,7-8H,3,6,9-12H2,1-2H3,(H2,17,18,19). The summed E-state index contributed by atoms with van der Waals surface area (Å²) in [6, 6.07) is 7.43. The SMILES string of the molecule is CCOCCCNC(=NC)NCCOc1ccccc1Cl. The first-order valence-electron chi connectivity index (χ1n) is 7.17. The Morgan fingerprint density at radius 2 is 1.95 bits per heavy atom. The van der Waals surface area contributed by atoms with Crippen molar-refractivity contribution in [3.8, 4) is 5.75 Å². The van der Waals surface area contributed by atoms with Crippen LogP contribution in [-0.2, 0) is 4.74 Å². The summed E-state index contributed by atoms with van der Waals surface area (Å²) < 4.78 is 10.9. The number of para-hydroxylation sites is 1. The van der Waals surface area contributed by atoms with Gasteiger partial charge in [-0.3, -0.25) is 4.99 Å². The molecule has 0 amide bonds. The van der Waals surface area contributed by atoms with E-state index in [1.165, 1.54) is 0 Å². The zero-order valence-corrected chi connectivity index (χ0v) is 13.4. The molecule has 0 atom stereocenters. The Morgan fingerprint density at radius 1 is 1.19 bits per heavy atom. The number of hydrogen-bond acceptors (Lipinski definition) is 3. The Morgan fingerprint density at radius 3 is 2.67 bits per heavy atom. The van der Waals surface area contributed by atoms with Crippen LogP contribution in [0.3, 0.4) is 0 Å². The molecule has 0 unspecified atom stereocenters. The van der Waals surface area contributed by atoms with Gasteiger partial charge in [0.1, 0.15) is 12.4 Å². The van der Waals surface area contributed by atoms with E-state index in [4.69, 9.17) is 21.1 Å². The van der Waals surface area contributed by atoms with Gasteiger partial charge in [0.2, 0.25) is 0 Å². The Hall–Kier alpha value is -1.46. The largest absolute Gasteiger partial charge is 0.490 e. The average Bonchev–Trinajstić information content (AvgIpc) is 2.50. The van der Waals surface area contributed by atoms with Crippen molar-refractivity contribution in [2.24, 2.45) is 4.99 Å². The predicted molar refractivity (Wildman–Crippen MR) is 87.4 cm³/mol. The van der Waals surface area contributed by atoms with Crippen LogP contribution < -0.4 is 15.4 Å². The third-order valence-corrected chi connectivity index (χ3v) is 2.99. The molecule has 5 nitrogen and oxygen atoms in total. The van der Waals surface area contributed by atoms with Crippen molar-refractivity contribution in [1.29, 1.82) is 0 Å². The molecule has 6 heteroatoms. The minimum atomic E-state index is 0.517. The molecule has 0 saturated carbocycles. The van der Waals surface area contributed by atoms with Crippen molar-refractivity contribution in [2.45, 2.75) is 13.3 Å². The molecule has 1 aromatic rings. The van der Waals surface area contributed by atoms with E-state index in [2.05, 4.69) is 15.6 Å². The van der Waals surface area contributed by atoms with E-state index in [0.29, 0.717) is 23.9 Å². The van der Waals surface area contributed by atoms with Crippen LogP contribution in [0.25, 0.3) is 0 Å². The number of rotatable bonds is 9. The van der Waals surface area contributed by atoms with Crippen LogP contribution in [0.5, 0.6) is 5.75 Å². The molecule has 1 rings (SSSR count). The first kappa shape index (κ1) is 17.6. The van der Waals surface area contributed by atoms with Gasteiger partial charge in [-0.1, -0.05) is 23.7 Å². The summed E-state index contributed by atoms with van der Waals surface area (Å²) in [5, 5.41) is 7.02. The molecule has 0 bridgehead atoms. The smallest absolute Gasteiger partial charge is 0.191 e. The van der Waals surface area contributed by atoms with Gasteiger partial charge >= 0.3 is 0 Å². The Bertz CT molecular complexity index is 427. The average molecular weight is 314 g/mol. The fourth-order valence-corrected chi connectivity index (χ4v) is 1.83. The van der Waals surface area contributed by atoms with Crippen molar-refractivity contribution >= 4 is 17.6 Å². The second kappa shape index (κ2) is 11.2. The number of benzene rings is 1. The Kier molecular flexibility index (Phi) is 9.40. The zero-order valence-electron chi connectivity index (χ0n) is 12.7. The maximum Gasteiger partial charge on any atom is 0.191 e. The number of guanidine groups is 1. The molecule has 0 radical (unpaired) electrons. The van der Waals surface area contributed by atoms with Gasteiger partial charge in [-0.25, -0.2) is 0 Å². The third kappa shape index (κ3) is 7.78. The van der Waals surface area contributed by atoms with Crippen LogP contribution in [0.4, 0.5) is 0 Å². The van der Waals surface area contributed by atoms with E-state index >= 15 is 0 Å². The molecule has 0 fully saturated rings. The Balaban J connectivity index is 2.14. The topological polar surface area (TPSA) is 54.9 Å². The van der Waals surface area contributed by atoms with Gasteiger partial charge in [-0.15, -0.1) is 0 Å². The third-order valence-electron chi connectivity index (χ3n) is 2.67. The zero-order chi connectivity index (χ0) is 15.3. The number of hydrogen-bond donors (Lipinski definition) is 2.